The van der Waals surface area contributed by atoms with Gasteiger partial charge in [0.05, 0.1) is 11.3 Å². The minimum Gasteiger partial charge on any atom is -0.369 e. The van der Waals surface area contributed by atoms with Crippen molar-refractivity contribution in [3.63, 3.8) is 0 Å². The summed E-state index contributed by atoms with van der Waals surface area (Å²) in [6.07, 6.45) is -3.54. The summed E-state index contributed by atoms with van der Waals surface area (Å²) in [5.74, 6) is -1.01. The van der Waals surface area contributed by atoms with Crippen LogP contribution in [0.2, 0.25) is 0 Å². The van der Waals surface area contributed by atoms with E-state index in [0.717, 1.165) is 11.6 Å². The fraction of sp³-hybridized carbons (Fsp3) is 0.263. The van der Waals surface area contributed by atoms with Crippen LogP contribution in [0, 0.1) is 5.41 Å². The maximum absolute atomic E-state index is 13.0. The monoisotopic (exact) mass is 377 g/mol. The van der Waals surface area contributed by atoms with Crippen LogP contribution in [0.5, 0.6) is 0 Å². The number of carbonyl (C=O) groups excluding carboxylic acids is 2. The molecule has 142 valence electrons. The maximum atomic E-state index is 13.0. The lowest BCUT2D eigenvalue weighted by Crippen LogP contribution is -2.40. The van der Waals surface area contributed by atoms with Crippen LogP contribution in [0.25, 0.3) is 0 Å². The van der Waals surface area contributed by atoms with Crippen molar-refractivity contribution < 1.29 is 22.8 Å². The summed E-state index contributed by atoms with van der Waals surface area (Å²) in [5.41, 5.74) is 4.62. The Morgan fingerprint density at radius 2 is 1.67 bits per heavy atom. The molecule has 0 aliphatic heterocycles. The summed E-state index contributed by atoms with van der Waals surface area (Å²) in [4.78, 5) is 23.4. The Morgan fingerprint density at radius 3 is 2.22 bits per heavy atom. The van der Waals surface area contributed by atoms with E-state index in [1.165, 1.54) is 18.2 Å². The first-order valence-electron chi connectivity index (χ1n) is 8.33. The molecule has 0 radical (unpaired) electrons. The number of hydrogen-bond acceptors (Lipinski definition) is 3. The molecule has 2 aromatic carbocycles. The molecule has 0 heterocycles. The molecule has 0 bridgehead atoms. The standard InChI is InChI=1S/C19H18F3N3O2/c20-19(21,22)14-3-1-2-4-15(14)25-13-7-5-12(6-8-13)11-24-17(27)18(9-10-18)16(23)26/h1-8,25H,9-11H2,(H2,23,26)(H,24,27). The molecule has 3 rings (SSSR count). The van der Waals surface area contributed by atoms with Gasteiger partial charge in [-0.1, -0.05) is 24.3 Å². The van der Waals surface area contributed by atoms with E-state index in [4.69, 9.17) is 5.73 Å². The van der Waals surface area contributed by atoms with Crippen LogP contribution in [-0.2, 0) is 22.3 Å². The van der Waals surface area contributed by atoms with E-state index in [1.54, 1.807) is 24.3 Å². The van der Waals surface area contributed by atoms with E-state index >= 15 is 0 Å². The second-order valence-electron chi connectivity index (χ2n) is 6.49. The number of hydrogen-bond donors (Lipinski definition) is 3. The summed E-state index contributed by atoms with van der Waals surface area (Å²) in [6.45, 7) is 0.202. The number of amides is 2. The van der Waals surface area contributed by atoms with E-state index in [0.29, 0.717) is 18.5 Å². The number of nitrogens with one attached hydrogen (secondary N) is 2. The van der Waals surface area contributed by atoms with Crippen LogP contribution in [0.4, 0.5) is 24.5 Å². The zero-order valence-electron chi connectivity index (χ0n) is 14.3. The van der Waals surface area contributed by atoms with Gasteiger partial charge in [0.25, 0.3) is 0 Å². The van der Waals surface area contributed by atoms with Gasteiger partial charge in [-0.25, -0.2) is 0 Å². The molecule has 4 N–H and O–H groups in total. The van der Waals surface area contributed by atoms with E-state index in [-0.39, 0.29) is 12.2 Å². The number of primary amides is 1. The lowest BCUT2D eigenvalue weighted by atomic mass is 10.1. The minimum atomic E-state index is -4.45. The second-order valence-corrected chi connectivity index (χ2v) is 6.49. The van der Waals surface area contributed by atoms with Crippen molar-refractivity contribution in [3.8, 4) is 0 Å². The van der Waals surface area contributed by atoms with Crippen molar-refractivity contribution in [2.45, 2.75) is 25.6 Å². The third kappa shape index (κ3) is 4.05. The number of alkyl halides is 3. The van der Waals surface area contributed by atoms with Gasteiger partial charge >= 0.3 is 6.18 Å². The van der Waals surface area contributed by atoms with Crippen molar-refractivity contribution in [1.29, 1.82) is 0 Å². The predicted molar refractivity (Wildman–Crippen MR) is 93.9 cm³/mol. The fourth-order valence-corrected chi connectivity index (χ4v) is 2.76. The molecule has 27 heavy (non-hydrogen) atoms. The van der Waals surface area contributed by atoms with Crippen molar-refractivity contribution in [2.24, 2.45) is 11.1 Å². The summed E-state index contributed by atoms with van der Waals surface area (Å²) in [6, 6.07) is 11.8. The van der Waals surface area contributed by atoms with Gasteiger partial charge < -0.3 is 16.4 Å². The number of rotatable bonds is 6. The number of halogens is 3. The van der Waals surface area contributed by atoms with E-state index in [1.807, 2.05) is 0 Å². The molecule has 0 unspecified atom stereocenters. The molecule has 1 saturated carbocycles. The first-order chi connectivity index (χ1) is 12.7. The van der Waals surface area contributed by atoms with Crippen molar-refractivity contribution in [1.82, 2.24) is 5.32 Å². The van der Waals surface area contributed by atoms with E-state index in [2.05, 4.69) is 10.6 Å². The van der Waals surface area contributed by atoms with Gasteiger partial charge in [-0.3, -0.25) is 9.59 Å². The van der Waals surface area contributed by atoms with Gasteiger partial charge in [0.1, 0.15) is 5.41 Å². The van der Waals surface area contributed by atoms with Crippen LogP contribution in [0.1, 0.15) is 24.0 Å². The highest BCUT2D eigenvalue weighted by Crippen LogP contribution is 2.45. The molecule has 0 spiro atoms. The SMILES string of the molecule is NC(=O)C1(C(=O)NCc2ccc(Nc3ccccc3C(F)(F)F)cc2)CC1. The largest absolute Gasteiger partial charge is 0.418 e. The third-order valence-corrected chi connectivity index (χ3v) is 4.57. The highest BCUT2D eigenvalue weighted by molar-refractivity contribution is 6.07. The Morgan fingerprint density at radius 1 is 1.04 bits per heavy atom. The minimum absolute atomic E-state index is 0.0387. The Bertz CT molecular complexity index is 859. The van der Waals surface area contributed by atoms with E-state index < -0.39 is 29.0 Å². The molecule has 1 aliphatic rings. The first kappa shape index (κ1) is 18.8. The predicted octanol–water partition coefficient (Wildman–Crippen LogP) is 3.33. The molecule has 2 aromatic rings. The van der Waals surface area contributed by atoms with Gasteiger partial charge in [-0.2, -0.15) is 13.2 Å². The Kier molecular flexibility index (Phi) is 4.82. The molecule has 2 amide bonds. The van der Waals surface area contributed by atoms with Crippen LogP contribution < -0.4 is 16.4 Å². The topological polar surface area (TPSA) is 84.2 Å². The Hall–Kier alpha value is -3.03. The molecular weight excluding hydrogens is 359 g/mol. The van der Waals surface area contributed by atoms with Gasteiger partial charge in [0, 0.05) is 12.2 Å². The van der Waals surface area contributed by atoms with Crippen molar-refractivity contribution in [2.75, 3.05) is 5.32 Å². The zero-order chi connectivity index (χ0) is 19.7. The highest BCUT2D eigenvalue weighted by Gasteiger charge is 2.55. The highest BCUT2D eigenvalue weighted by atomic mass is 19.4. The number of nitrogens with two attached hydrogens (primary N) is 1. The summed E-state index contributed by atoms with van der Waals surface area (Å²) in [7, 11) is 0. The second kappa shape index (κ2) is 6.94. The Balaban J connectivity index is 1.63. The quantitative estimate of drug-likeness (QED) is 0.675. The van der Waals surface area contributed by atoms with Crippen LogP contribution >= 0.6 is 0 Å². The fourth-order valence-electron chi connectivity index (χ4n) is 2.76. The van der Waals surface area contributed by atoms with Crippen molar-refractivity contribution >= 4 is 23.2 Å². The number of benzene rings is 2. The number of carbonyl (C=O) groups is 2. The zero-order valence-corrected chi connectivity index (χ0v) is 14.3. The average molecular weight is 377 g/mol. The third-order valence-electron chi connectivity index (χ3n) is 4.57. The number of anilines is 2. The van der Waals surface area contributed by atoms with Crippen LogP contribution in [0.3, 0.4) is 0 Å². The molecule has 8 heteroatoms. The average Bonchev–Trinajstić information content (AvgIpc) is 3.42. The van der Waals surface area contributed by atoms with Gasteiger partial charge in [-0.15, -0.1) is 0 Å². The molecule has 1 fully saturated rings. The smallest absolute Gasteiger partial charge is 0.369 e. The van der Waals surface area contributed by atoms with Crippen molar-refractivity contribution in [3.05, 3.63) is 59.7 Å². The summed E-state index contributed by atoms with van der Waals surface area (Å²) in [5, 5.41) is 5.42. The molecule has 0 atom stereocenters. The Labute approximate surface area is 153 Å². The normalized spacial score (nSPS) is 15.1. The van der Waals surface area contributed by atoms with Crippen LogP contribution in [0.15, 0.2) is 48.5 Å². The van der Waals surface area contributed by atoms with Gasteiger partial charge in [-0.05, 0) is 42.7 Å². The lowest BCUT2D eigenvalue weighted by molar-refractivity contribution is -0.137. The van der Waals surface area contributed by atoms with E-state index in [9.17, 15) is 22.8 Å². The first-order valence-corrected chi connectivity index (χ1v) is 8.33. The number of para-hydroxylation sites is 1. The molecule has 0 aromatic heterocycles. The van der Waals surface area contributed by atoms with Gasteiger partial charge in [0.2, 0.25) is 11.8 Å². The summed E-state index contributed by atoms with van der Waals surface area (Å²) < 4.78 is 39.1. The summed E-state index contributed by atoms with van der Waals surface area (Å²) >= 11 is 0. The lowest BCUT2D eigenvalue weighted by Gasteiger charge is -2.15. The molecule has 5 nitrogen and oxygen atoms in total. The van der Waals surface area contributed by atoms with Gasteiger partial charge in [0.15, 0.2) is 0 Å². The van der Waals surface area contributed by atoms with Crippen LogP contribution in [-0.4, -0.2) is 11.8 Å². The molecule has 0 saturated heterocycles. The maximum Gasteiger partial charge on any atom is 0.418 e. The molecular formula is C19H18F3N3O2. The molecule has 1 aliphatic carbocycles.